The van der Waals surface area contributed by atoms with Crippen LogP contribution < -0.4 is 20.9 Å². The molecule has 2 amide bonds. The summed E-state index contributed by atoms with van der Waals surface area (Å²) in [5.41, 5.74) is 3.76. The van der Waals surface area contributed by atoms with E-state index < -0.39 is 35.2 Å². The number of amides is 2. The average molecular weight is 554 g/mol. The number of rotatable bonds is 9. The van der Waals surface area contributed by atoms with Crippen molar-refractivity contribution in [3.63, 3.8) is 0 Å². The van der Waals surface area contributed by atoms with Gasteiger partial charge in [-0.25, -0.2) is 13.2 Å². The molecule has 0 aromatic heterocycles. The van der Waals surface area contributed by atoms with Gasteiger partial charge in [0.15, 0.2) is 0 Å². The van der Waals surface area contributed by atoms with Crippen molar-refractivity contribution in [3.05, 3.63) is 94.1 Å². The molecule has 0 saturated heterocycles. The molecule has 1 fully saturated rings. The highest BCUT2D eigenvalue weighted by atomic mass is 19.3. The molecule has 1 aliphatic carbocycles. The third kappa shape index (κ3) is 5.81. The Morgan fingerprint density at radius 3 is 2.27 bits per heavy atom. The van der Waals surface area contributed by atoms with Gasteiger partial charge in [0.25, 0.3) is 17.7 Å². The largest absolute Gasteiger partial charge is 0.496 e. The summed E-state index contributed by atoms with van der Waals surface area (Å²) in [6.07, 6.45) is 0.870. The van der Waals surface area contributed by atoms with Crippen molar-refractivity contribution < 1.29 is 32.7 Å². The number of alkyl halides is 2. The van der Waals surface area contributed by atoms with Gasteiger partial charge in [-0.15, -0.1) is 0 Å². The summed E-state index contributed by atoms with van der Waals surface area (Å²) in [6, 6.07) is 13.4. The molecular formula is C30H30F3N3O4. The number of halogens is 3. The predicted molar refractivity (Wildman–Crippen MR) is 145 cm³/mol. The van der Waals surface area contributed by atoms with E-state index in [1.54, 1.807) is 5.48 Å². The number of anilines is 1. The maximum Gasteiger partial charge on any atom is 0.276 e. The van der Waals surface area contributed by atoms with Crippen LogP contribution in [0.4, 0.5) is 18.9 Å². The minimum Gasteiger partial charge on any atom is -0.496 e. The van der Waals surface area contributed by atoms with E-state index in [2.05, 4.69) is 10.6 Å². The van der Waals surface area contributed by atoms with E-state index in [1.165, 1.54) is 44.4 Å². The number of hydrogen-bond acceptors (Lipinski definition) is 5. The summed E-state index contributed by atoms with van der Waals surface area (Å²) in [7, 11) is 1.40. The first-order valence-corrected chi connectivity index (χ1v) is 12.6. The quantitative estimate of drug-likeness (QED) is 0.187. The van der Waals surface area contributed by atoms with Gasteiger partial charge in [-0.2, -0.15) is 0 Å². The number of hydroxylamine groups is 1. The van der Waals surface area contributed by atoms with Crippen LogP contribution in [0.25, 0.3) is 11.1 Å². The molecule has 3 aromatic carbocycles. The second-order valence-corrected chi connectivity index (χ2v) is 9.80. The van der Waals surface area contributed by atoms with Crippen LogP contribution >= 0.6 is 0 Å². The van der Waals surface area contributed by atoms with Gasteiger partial charge in [-0.05, 0) is 68.5 Å². The van der Waals surface area contributed by atoms with Crippen LogP contribution in [0.2, 0.25) is 0 Å². The average Bonchev–Trinajstić information content (AvgIpc) is 3.76. The van der Waals surface area contributed by atoms with Gasteiger partial charge in [-0.1, -0.05) is 30.3 Å². The minimum absolute atomic E-state index is 0.0779. The molecule has 0 unspecified atom stereocenters. The lowest BCUT2D eigenvalue weighted by atomic mass is 9.93. The molecule has 0 spiro atoms. The molecule has 10 heteroatoms. The molecule has 0 radical (unpaired) electrons. The number of allylic oxidation sites excluding steroid dienone is 1. The number of carbonyl (C=O) groups is 2. The Hall–Kier alpha value is -4.31. The number of hydrogen-bond donors (Lipinski definition) is 4. The first-order chi connectivity index (χ1) is 19.0. The van der Waals surface area contributed by atoms with E-state index in [4.69, 9.17) is 4.74 Å². The van der Waals surface area contributed by atoms with Crippen molar-refractivity contribution in [1.29, 1.82) is 0 Å². The van der Waals surface area contributed by atoms with E-state index in [0.717, 1.165) is 22.8 Å². The van der Waals surface area contributed by atoms with Crippen LogP contribution in [0.15, 0.2) is 66.0 Å². The summed E-state index contributed by atoms with van der Waals surface area (Å²) in [5.74, 6) is -6.13. The maximum atomic E-state index is 15.0. The SMILES string of the molecule is COc1cc(F)c(C(=O)N/C(C)=C(\NO)C(=O)Nc2cccc(C(F)(F)C3CC3)c2)cc1-c1c(C)cccc1C. The van der Waals surface area contributed by atoms with Crippen molar-refractivity contribution in [2.24, 2.45) is 5.92 Å². The molecular weight excluding hydrogens is 523 g/mol. The topological polar surface area (TPSA) is 99.7 Å². The highest BCUT2D eigenvalue weighted by Crippen LogP contribution is 2.50. The number of benzene rings is 3. The third-order valence-corrected chi connectivity index (χ3v) is 6.89. The van der Waals surface area contributed by atoms with Crippen LogP contribution in [0.3, 0.4) is 0 Å². The van der Waals surface area contributed by atoms with E-state index in [-0.39, 0.29) is 28.3 Å². The molecule has 0 aliphatic heterocycles. The van der Waals surface area contributed by atoms with Crippen molar-refractivity contribution >= 4 is 17.5 Å². The fourth-order valence-electron chi connectivity index (χ4n) is 4.62. The molecule has 1 saturated carbocycles. The zero-order chi connectivity index (χ0) is 29.2. The summed E-state index contributed by atoms with van der Waals surface area (Å²) in [4.78, 5) is 26.0. The minimum atomic E-state index is -3.02. The van der Waals surface area contributed by atoms with Crippen LogP contribution in [0, 0.1) is 25.6 Å². The van der Waals surface area contributed by atoms with Gasteiger partial charge in [0, 0.05) is 34.5 Å². The Balaban J connectivity index is 1.59. The Morgan fingerprint density at radius 2 is 1.68 bits per heavy atom. The first kappa shape index (κ1) is 28.7. The fraction of sp³-hybridized carbons (Fsp3) is 0.267. The van der Waals surface area contributed by atoms with E-state index in [9.17, 15) is 28.0 Å². The van der Waals surface area contributed by atoms with Crippen molar-refractivity contribution in [2.75, 3.05) is 12.4 Å². The number of methoxy groups -OCH3 is 1. The molecule has 0 heterocycles. The first-order valence-electron chi connectivity index (χ1n) is 12.6. The molecule has 40 heavy (non-hydrogen) atoms. The number of nitrogens with one attached hydrogen (secondary N) is 3. The smallest absolute Gasteiger partial charge is 0.276 e. The maximum absolute atomic E-state index is 15.0. The standard InChI is InChI=1S/C30H30F3N3O4/c1-16-7-5-8-17(2)26(16)23-14-22(24(31)15-25(23)40-4)28(37)34-18(3)27(36-39)29(38)35-21-10-6-9-20(13-21)30(32,33)19-11-12-19/h5-10,13-15,19,36,39H,11-12H2,1-4H3,(H,34,37)(H,35,38)/b27-18-. The van der Waals surface area contributed by atoms with Crippen LogP contribution in [-0.4, -0.2) is 24.1 Å². The van der Waals surface area contributed by atoms with Gasteiger partial charge in [0.1, 0.15) is 17.3 Å². The zero-order valence-corrected chi connectivity index (χ0v) is 22.5. The highest BCUT2D eigenvalue weighted by Gasteiger charge is 2.48. The van der Waals surface area contributed by atoms with Crippen LogP contribution in [-0.2, 0) is 10.7 Å². The van der Waals surface area contributed by atoms with Gasteiger partial charge < -0.3 is 15.4 Å². The van der Waals surface area contributed by atoms with Crippen molar-refractivity contribution in [1.82, 2.24) is 10.8 Å². The highest BCUT2D eigenvalue weighted by molar-refractivity contribution is 6.05. The number of aryl methyl sites for hydroxylation is 2. The Morgan fingerprint density at radius 1 is 1.02 bits per heavy atom. The Bertz CT molecular complexity index is 1480. The second kappa shape index (κ2) is 11.4. The Kier molecular flexibility index (Phi) is 8.20. The Labute approximate surface area is 230 Å². The van der Waals surface area contributed by atoms with E-state index in [1.807, 2.05) is 32.0 Å². The summed E-state index contributed by atoms with van der Waals surface area (Å²) >= 11 is 0. The fourth-order valence-corrected chi connectivity index (χ4v) is 4.62. The van der Waals surface area contributed by atoms with Crippen molar-refractivity contribution in [2.45, 2.75) is 39.5 Å². The van der Waals surface area contributed by atoms with Gasteiger partial charge in [-0.3, -0.25) is 20.3 Å². The normalized spacial score (nSPS) is 13.8. The summed E-state index contributed by atoms with van der Waals surface area (Å²) in [5, 5.41) is 14.5. The summed E-state index contributed by atoms with van der Waals surface area (Å²) in [6.45, 7) is 5.10. The van der Waals surface area contributed by atoms with Gasteiger partial charge in [0.2, 0.25) is 0 Å². The van der Waals surface area contributed by atoms with E-state index in [0.29, 0.717) is 18.4 Å². The summed E-state index contributed by atoms with van der Waals surface area (Å²) < 4.78 is 49.4. The van der Waals surface area contributed by atoms with Gasteiger partial charge in [0.05, 0.1) is 12.7 Å². The monoisotopic (exact) mass is 553 g/mol. The van der Waals surface area contributed by atoms with Crippen LogP contribution in [0.1, 0.15) is 46.8 Å². The molecule has 4 N–H and O–H groups in total. The second-order valence-electron chi connectivity index (χ2n) is 9.80. The lowest BCUT2D eigenvalue weighted by Gasteiger charge is -2.18. The molecule has 3 aromatic rings. The lowest BCUT2D eigenvalue weighted by molar-refractivity contribution is -0.114. The van der Waals surface area contributed by atoms with Crippen molar-refractivity contribution in [3.8, 4) is 16.9 Å². The van der Waals surface area contributed by atoms with E-state index >= 15 is 0 Å². The third-order valence-electron chi connectivity index (χ3n) is 6.89. The molecule has 0 bridgehead atoms. The molecule has 210 valence electrons. The lowest BCUT2D eigenvalue weighted by Crippen LogP contribution is -2.31. The number of ether oxygens (including phenoxy) is 1. The zero-order valence-electron chi connectivity index (χ0n) is 22.5. The van der Waals surface area contributed by atoms with Gasteiger partial charge >= 0.3 is 0 Å². The predicted octanol–water partition coefficient (Wildman–Crippen LogP) is 6.20. The molecule has 4 rings (SSSR count). The van der Waals surface area contributed by atoms with Crippen LogP contribution in [0.5, 0.6) is 5.75 Å². The molecule has 1 aliphatic rings. The molecule has 7 nitrogen and oxygen atoms in total. The molecule has 0 atom stereocenters. The number of carbonyl (C=O) groups excluding carboxylic acids is 2.